The van der Waals surface area contributed by atoms with E-state index < -0.39 is 19.8 Å². The van der Waals surface area contributed by atoms with Gasteiger partial charge in [0.2, 0.25) is 0 Å². The van der Waals surface area contributed by atoms with Crippen molar-refractivity contribution < 1.29 is 17.4 Å². The van der Waals surface area contributed by atoms with Crippen LogP contribution in [0.15, 0.2) is 52.3 Å². The molecular weight excluding hydrogens is 470 g/mol. The van der Waals surface area contributed by atoms with Gasteiger partial charge in [0, 0.05) is 26.0 Å². The van der Waals surface area contributed by atoms with Gasteiger partial charge in [-0.2, -0.15) is 0 Å². The Morgan fingerprint density at radius 1 is 1.09 bits per heavy atom. The van der Waals surface area contributed by atoms with Crippen molar-refractivity contribution in [2.75, 3.05) is 41.8 Å². The predicted molar refractivity (Wildman–Crippen MR) is 139 cm³/mol. The molecule has 7 nitrogen and oxygen atoms in total. The van der Waals surface area contributed by atoms with Crippen LogP contribution in [-0.2, 0) is 30.9 Å². The number of ether oxygens (including phenoxy) is 1. The number of nitrogens with one attached hydrogen (secondary N) is 1. The Balaban J connectivity index is 2.11. The van der Waals surface area contributed by atoms with Gasteiger partial charge in [0.15, 0.2) is 0 Å². The van der Waals surface area contributed by atoms with Gasteiger partial charge in [0.1, 0.15) is 0 Å². The zero-order valence-electron chi connectivity index (χ0n) is 20.8. The number of aryl methyl sites for hydroxylation is 1. The molecule has 1 aliphatic rings. The van der Waals surface area contributed by atoms with Crippen LogP contribution in [0, 0.1) is 10.7 Å². The summed E-state index contributed by atoms with van der Waals surface area (Å²) in [7, 11) is -7.13. The molecule has 0 spiro atoms. The van der Waals surface area contributed by atoms with Gasteiger partial charge < -0.3 is 9.64 Å². The van der Waals surface area contributed by atoms with Crippen molar-refractivity contribution in [3.63, 3.8) is 0 Å². The second kappa shape index (κ2) is 10.7. The highest BCUT2D eigenvalue weighted by atomic mass is 32.2. The predicted octanol–water partition coefficient (Wildman–Crippen LogP) is 4.75. The smallest absolute Gasteiger partial charge is 0.264 e. The van der Waals surface area contributed by atoms with E-state index in [4.69, 9.17) is 9.52 Å². The lowest BCUT2D eigenvalue weighted by Crippen LogP contribution is -2.37. The van der Waals surface area contributed by atoms with Crippen molar-refractivity contribution in [1.82, 2.24) is 0 Å². The molecule has 0 bridgehead atoms. The van der Waals surface area contributed by atoms with Gasteiger partial charge in [-0.1, -0.05) is 32.9 Å². The van der Waals surface area contributed by atoms with E-state index in [-0.39, 0.29) is 21.8 Å². The molecule has 2 aromatic carbocycles. The van der Waals surface area contributed by atoms with Gasteiger partial charge in [0.25, 0.3) is 10.0 Å². The maximum atomic E-state index is 13.8. The first kappa shape index (κ1) is 26.5. The van der Waals surface area contributed by atoms with Crippen LogP contribution in [0.2, 0.25) is 0 Å². The Hall–Kier alpha value is -2.10. The lowest BCUT2D eigenvalue weighted by molar-refractivity contribution is 0.193. The fourth-order valence-corrected chi connectivity index (χ4v) is 6.96. The van der Waals surface area contributed by atoms with Crippen LogP contribution in [0.3, 0.4) is 0 Å². The van der Waals surface area contributed by atoms with Gasteiger partial charge in [-0.3, -0.25) is 4.31 Å². The Morgan fingerprint density at radius 2 is 1.76 bits per heavy atom. The molecule has 2 aromatic rings. The lowest BCUT2D eigenvalue weighted by Gasteiger charge is -2.31. The van der Waals surface area contributed by atoms with E-state index in [0.717, 1.165) is 18.4 Å². The molecule has 188 valence electrons. The number of hydrogen-bond donors (Lipinski definition) is 1. The van der Waals surface area contributed by atoms with Gasteiger partial charge in [-0.15, -0.1) is 0 Å². The van der Waals surface area contributed by atoms with E-state index in [2.05, 4.69) is 11.8 Å². The molecule has 1 saturated heterocycles. The SMILES string of the molecule is CCc1ccc(N(CC(C)C)S(=O)(=O)c2ccc(N(CC)[C@@H]3CCOC3)c(S(C)(=N)=O)c2)cc1. The Kier molecular flexibility index (Phi) is 8.31. The zero-order chi connectivity index (χ0) is 25.1. The summed E-state index contributed by atoms with van der Waals surface area (Å²) in [4.78, 5) is 2.37. The van der Waals surface area contributed by atoms with Crippen molar-refractivity contribution in [3.05, 3.63) is 48.0 Å². The molecule has 9 heteroatoms. The number of nitrogens with zero attached hydrogens (tertiary/aromatic N) is 2. The quantitative estimate of drug-likeness (QED) is 0.501. The van der Waals surface area contributed by atoms with Crippen molar-refractivity contribution in [3.8, 4) is 0 Å². The van der Waals surface area contributed by atoms with E-state index in [9.17, 15) is 12.6 Å². The topological polar surface area (TPSA) is 90.8 Å². The zero-order valence-corrected chi connectivity index (χ0v) is 22.4. The molecule has 0 saturated carbocycles. The molecule has 1 aliphatic heterocycles. The van der Waals surface area contributed by atoms with Crippen LogP contribution < -0.4 is 9.21 Å². The van der Waals surface area contributed by atoms with Crippen LogP contribution in [0.5, 0.6) is 0 Å². The highest BCUT2D eigenvalue weighted by Crippen LogP contribution is 2.34. The summed E-state index contributed by atoms with van der Waals surface area (Å²) in [5.74, 6) is 0.101. The minimum atomic E-state index is -3.94. The molecule has 3 rings (SSSR count). The molecule has 0 aliphatic carbocycles. The maximum absolute atomic E-state index is 13.8. The van der Waals surface area contributed by atoms with Crippen LogP contribution in [-0.4, -0.2) is 51.2 Å². The monoisotopic (exact) mass is 507 g/mol. The molecule has 1 fully saturated rings. The molecule has 1 unspecified atom stereocenters. The van der Waals surface area contributed by atoms with Crippen molar-refractivity contribution in [1.29, 1.82) is 4.78 Å². The fraction of sp³-hybridized carbons (Fsp3) is 0.520. The normalized spacial score (nSPS) is 18.1. The van der Waals surface area contributed by atoms with Gasteiger partial charge in [0.05, 0.1) is 43.5 Å². The molecule has 1 N–H and O–H groups in total. The molecular formula is C25H37N3O4S2. The molecule has 2 atom stereocenters. The number of likely N-dealkylation sites (N-methyl/N-ethyl adjacent to an activating group) is 1. The third-order valence-corrected chi connectivity index (χ3v) is 9.06. The van der Waals surface area contributed by atoms with Gasteiger partial charge in [-0.25, -0.2) is 17.4 Å². The van der Waals surface area contributed by atoms with Crippen LogP contribution >= 0.6 is 0 Å². The van der Waals surface area contributed by atoms with Crippen molar-refractivity contribution >= 4 is 31.1 Å². The van der Waals surface area contributed by atoms with E-state index in [1.807, 2.05) is 45.0 Å². The van der Waals surface area contributed by atoms with Crippen LogP contribution in [0.25, 0.3) is 0 Å². The first-order valence-electron chi connectivity index (χ1n) is 11.8. The Bertz CT molecular complexity index is 1190. The van der Waals surface area contributed by atoms with Crippen molar-refractivity contribution in [2.24, 2.45) is 5.92 Å². The maximum Gasteiger partial charge on any atom is 0.264 e. The largest absolute Gasteiger partial charge is 0.379 e. The third kappa shape index (κ3) is 5.75. The molecule has 0 aromatic heterocycles. The number of anilines is 2. The Labute approximate surface area is 205 Å². The fourth-order valence-electron chi connectivity index (χ4n) is 4.30. The average molecular weight is 508 g/mol. The molecule has 0 amide bonds. The van der Waals surface area contributed by atoms with Crippen LogP contribution in [0.4, 0.5) is 11.4 Å². The van der Waals surface area contributed by atoms with Crippen LogP contribution in [0.1, 0.15) is 39.7 Å². The van der Waals surface area contributed by atoms with Gasteiger partial charge >= 0.3 is 0 Å². The highest BCUT2D eigenvalue weighted by Gasteiger charge is 2.30. The molecule has 0 radical (unpaired) electrons. The first-order valence-corrected chi connectivity index (χ1v) is 15.2. The second-order valence-electron chi connectivity index (χ2n) is 9.23. The van der Waals surface area contributed by atoms with E-state index in [1.54, 1.807) is 12.1 Å². The number of sulfonamides is 1. The first-order chi connectivity index (χ1) is 16.0. The summed E-state index contributed by atoms with van der Waals surface area (Å²) in [5.41, 5.74) is 2.37. The Morgan fingerprint density at radius 3 is 2.26 bits per heavy atom. The summed E-state index contributed by atoms with van der Waals surface area (Å²) in [6, 6.07) is 12.4. The molecule has 34 heavy (non-hydrogen) atoms. The molecule has 1 heterocycles. The average Bonchev–Trinajstić information content (AvgIpc) is 3.32. The standard InChI is InChI=1S/C25H37N3O4S2/c1-6-20-8-10-21(11-9-20)28(17-19(3)4)34(30,31)23-12-13-24(25(16-23)33(5,26)29)27(7-2)22-14-15-32-18-22/h8-13,16,19,22,26H,6-7,14-15,17-18H2,1-5H3/t22-,33?/m1/s1. The summed E-state index contributed by atoms with van der Waals surface area (Å²) in [6.45, 7) is 10.2. The highest BCUT2D eigenvalue weighted by molar-refractivity contribution is 7.93. The summed E-state index contributed by atoms with van der Waals surface area (Å²) >= 11 is 0. The number of hydrogen-bond acceptors (Lipinski definition) is 6. The summed E-state index contributed by atoms with van der Waals surface area (Å²) in [5, 5.41) is 0. The van der Waals surface area contributed by atoms with E-state index in [0.29, 0.717) is 37.7 Å². The van der Waals surface area contributed by atoms with Gasteiger partial charge in [-0.05, 0) is 61.6 Å². The lowest BCUT2D eigenvalue weighted by atomic mass is 10.1. The van der Waals surface area contributed by atoms with E-state index in [1.165, 1.54) is 16.6 Å². The van der Waals surface area contributed by atoms with E-state index >= 15 is 0 Å². The second-order valence-corrected chi connectivity index (χ2v) is 13.2. The minimum absolute atomic E-state index is 0.0482. The minimum Gasteiger partial charge on any atom is -0.379 e. The summed E-state index contributed by atoms with van der Waals surface area (Å²) < 4.78 is 56.0. The third-order valence-electron chi connectivity index (χ3n) is 6.10. The number of benzene rings is 2. The number of rotatable bonds is 10. The van der Waals surface area contributed by atoms with Crippen molar-refractivity contribution in [2.45, 2.75) is 56.4 Å². The summed E-state index contributed by atoms with van der Waals surface area (Å²) in [6.07, 6.45) is 3.05.